The van der Waals surface area contributed by atoms with Crippen LogP contribution >= 0.6 is 0 Å². The van der Waals surface area contributed by atoms with E-state index in [2.05, 4.69) is 21.5 Å². The van der Waals surface area contributed by atoms with Crippen molar-refractivity contribution in [2.24, 2.45) is 0 Å². The lowest BCUT2D eigenvalue weighted by atomic mass is 10.1. The molecule has 0 aliphatic rings. The first-order chi connectivity index (χ1) is 7.27. The van der Waals surface area contributed by atoms with E-state index in [0.717, 1.165) is 32.7 Å². The second-order valence-electron chi connectivity index (χ2n) is 3.58. The van der Waals surface area contributed by atoms with E-state index in [-0.39, 0.29) is 0 Å². The zero-order valence-electron chi connectivity index (χ0n) is 8.36. The molecular formula is C12H9N3. The van der Waals surface area contributed by atoms with Gasteiger partial charge in [0.25, 0.3) is 0 Å². The number of aryl methyl sites for hydroxylation is 1. The summed E-state index contributed by atoms with van der Waals surface area (Å²) in [5.74, 6) is 0. The maximum Gasteiger partial charge on any atom is 0.0898 e. The fraction of sp³-hybridized carbons (Fsp3) is 0.0833. The number of hydrogen-bond donors (Lipinski definition) is 0. The lowest BCUT2D eigenvalue weighted by molar-refractivity contribution is 1.21. The van der Waals surface area contributed by atoms with E-state index >= 15 is 0 Å². The van der Waals surface area contributed by atoms with Crippen LogP contribution in [0.4, 0.5) is 0 Å². The molecule has 0 saturated carbocycles. The van der Waals surface area contributed by atoms with Crippen molar-refractivity contribution in [3.8, 4) is 0 Å². The van der Waals surface area contributed by atoms with E-state index in [4.69, 9.17) is 0 Å². The highest BCUT2D eigenvalue weighted by atomic mass is 14.7. The van der Waals surface area contributed by atoms with Crippen molar-refractivity contribution in [3.05, 3.63) is 35.7 Å². The van der Waals surface area contributed by atoms with Gasteiger partial charge in [-0.1, -0.05) is 6.58 Å². The van der Waals surface area contributed by atoms with E-state index in [0.29, 0.717) is 0 Å². The van der Waals surface area contributed by atoms with Gasteiger partial charge in [0.2, 0.25) is 0 Å². The van der Waals surface area contributed by atoms with Crippen LogP contribution in [0.25, 0.3) is 28.3 Å². The van der Waals surface area contributed by atoms with Crippen molar-refractivity contribution in [3.63, 3.8) is 0 Å². The third kappa shape index (κ3) is 1.03. The Balaban J connectivity index is 2.79. The van der Waals surface area contributed by atoms with Gasteiger partial charge >= 0.3 is 0 Å². The normalized spacial score (nSPS) is 11.3. The summed E-state index contributed by atoms with van der Waals surface area (Å²) in [6.07, 6.45) is 5.40. The fourth-order valence-electron chi connectivity index (χ4n) is 1.94. The number of pyridine rings is 3. The summed E-state index contributed by atoms with van der Waals surface area (Å²) in [7, 11) is 0. The highest BCUT2D eigenvalue weighted by Crippen LogP contribution is 2.22. The van der Waals surface area contributed by atoms with E-state index < -0.39 is 0 Å². The molecule has 15 heavy (non-hydrogen) atoms. The van der Waals surface area contributed by atoms with Gasteiger partial charge in [-0.05, 0) is 13.0 Å². The van der Waals surface area contributed by atoms with E-state index in [1.54, 1.807) is 12.4 Å². The molecule has 3 nitrogen and oxygen atoms in total. The van der Waals surface area contributed by atoms with E-state index in [1.165, 1.54) is 0 Å². The molecule has 3 aromatic heterocycles. The van der Waals surface area contributed by atoms with Gasteiger partial charge in [-0.3, -0.25) is 15.0 Å². The predicted molar refractivity (Wildman–Crippen MR) is 60.3 cm³/mol. The SMILES string of the molecule is C=c1ncc2nccc3cnc(C)c1c32. The first kappa shape index (κ1) is 8.29. The Morgan fingerprint density at radius 1 is 1.07 bits per heavy atom. The van der Waals surface area contributed by atoms with Crippen LogP contribution in [0.3, 0.4) is 0 Å². The molecule has 0 spiro atoms. The number of aromatic nitrogens is 3. The molecule has 0 aromatic carbocycles. The lowest BCUT2D eigenvalue weighted by Gasteiger charge is -2.05. The highest BCUT2D eigenvalue weighted by molar-refractivity contribution is 6.08. The van der Waals surface area contributed by atoms with E-state index in [9.17, 15) is 0 Å². The average Bonchev–Trinajstić information content (AvgIpc) is 2.25. The maximum atomic E-state index is 4.34. The molecule has 0 radical (unpaired) electrons. The zero-order valence-corrected chi connectivity index (χ0v) is 8.36. The molecule has 72 valence electrons. The van der Waals surface area contributed by atoms with Crippen LogP contribution in [0.5, 0.6) is 0 Å². The summed E-state index contributed by atoms with van der Waals surface area (Å²) in [5.41, 5.74) is 1.86. The third-order valence-corrected chi connectivity index (χ3v) is 2.65. The lowest BCUT2D eigenvalue weighted by Crippen LogP contribution is -2.08. The standard InChI is InChI=1S/C12H9N3/c1-7-11-8(2)15-6-10-12(11)9(5-14-7)3-4-13-10/h3-6H,2H2,1H3. The summed E-state index contributed by atoms with van der Waals surface area (Å²) in [6, 6.07) is 1.96. The molecule has 0 aliphatic heterocycles. The maximum absolute atomic E-state index is 4.34. The second-order valence-corrected chi connectivity index (χ2v) is 3.58. The van der Waals surface area contributed by atoms with Gasteiger partial charge in [0.15, 0.2) is 0 Å². The largest absolute Gasteiger partial charge is 0.260 e. The predicted octanol–water partition coefficient (Wildman–Crippen LogP) is 1.62. The number of hydrogen-bond acceptors (Lipinski definition) is 3. The topological polar surface area (TPSA) is 38.7 Å². The van der Waals surface area contributed by atoms with Crippen LogP contribution in [0, 0.1) is 6.92 Å². The highest BCUT2D eigenvalue weighted by Gasteiger charge is 2.06. The number of rotatable bonds is 0. The Kier molecular flexibility index (Phi) is 1.51. The van der Waals surface area contributed by atoms with Crippen LogP contribution in [-0.4, -0.2) is 15.0 Å². The molecule has 0 fully saturated rings. The molecule has 3 heteroatoms. The fourth-order valence-corrected chi connectivity index (χ4v) is 1.94. The Bertz CT molecular complexity index is 688. The molecule has 0 bridgehead atoms. The van der Waals surface area contributed by atoms with Crippen molar-refractivity contribution in [2.45, 2.75) is 6.92 Å². The monoisotopic (exact) mass is 195 g/mol. The van der Waals surface area contributed by atoms with Gasteiger partial charge in [0.1, 0.15) is 0 Å². The van der Waals surface area contributed by atoms with Crippen molar-refractivity contribution in [1.82, 2.24) is 15.0 Å². The third-order valence-electron chi connectivity index (χ3n) is 2.65. The van der Waals surface area contributed by atoms with Gasteiger partial charge in [0, 0.05) is 34.2 Å². The molecule has 3 rings (SSSR count). The van der Waals surface area contributed by atoms with Crippen molar-refractivity contribution in [2.75, 3.05) is 0 Å². The molecule has 0 amide bonds. The molecule has 0 N–H and O–H groups in total. The molecule has 0 saturated heterocycles. The van der Waals surface area contributed by atoms with Crippen molar-refractivity contribution in [1.29, 1.82) is 0 Å². The minimum absolute atomic E-state index is 0.770. The Hall–Kier alpha value is -2.03. The molecular weight excluding hydrogens is 186 g/mol. The van der Waals surface area contributed by atoms with Crippen LogP contribution in [-0.2, 0) is 0 Å². The zero-order chi connectivity index (χ0) is 10.4. The van der Waals surface area contributed by atoms with Crippen LogP contribution in [0.2, 0.25) is 0 Å². The molecule has 0 atom stereocenters. The first-order valence-corrected chi connectivity index (χ1v) is 4.75. The molecule has 3 aromatic rings. The second kappa shape index (κ2) is 2.73. The minimum atomic E-state index is 0.770. The van der Waals surface area contributed by atoms with E-state index in [1.807, 2.05) is 19.2 Å². The smallest absolute Gasteiger partial charge is 0.0898 e. The average molecular weight is 195 g/mol. The first-order valence-electron chi connectivity index (χ1n) is 4.75. The van der Waals surface area contributed by atoms with Crippen molar-refractivity contribution >= 4 is 28.3 Å². The Labute approximate surface area is 86.5 Å². The Morgan fingerprint density at radius 3 is 2.80 bits per heavy atom. The van der Waals surface area contributed by atoms with Gasteiger partial charge < -0.3 is 0 Å². The summed E-state index contributed by atoms with van der Waals surface area (Å²) >= 11 is 0. The number of nitrogens with zero attached hydrogens (tertiary/aromatic N) is 3. The molecule has 0 unspecified atom stereocenters. The molecule has 3 heterocycles. The van der Waals surface area contributed by atoms with Gasteiger partial charge in [-0.25, -0.2) is 0 Å². The molecule has 0 aliphatic carbocycles. The quantitative estimate of drug-likeness (QED) is 0.547. The summed E-state index contributed by atoms with van der Waals surface area (Å²) in [5, 5.41) is 4.00. The summed E-state index contributed by atoms with van der Waals surface area (Å²) in [4.78, 5) is 12.9. The van der Waals surface area contributed by atoms with Crippen molar-refractivity contribution < 1.29 is 0 Å². The minimum Gasteiger partial charge on any atom is -0.260 e. The van der Waals surface area contributed by atoms with Crippen LogP contribution in [0.1, 0.15) is 5.69 Å². The van der Waals surface area contributed by atoms with Crippen LogP contribution in [0.15, 0.2) is 24.7 Å². The Morgan fingerprint density at radius 2 is 1.93 bits per heavy atom. The van der Waals surface area contributed by atoms with Crippen LogP contribution < -0.4 is 5.35 Å². The van der Waals surface area contributed by atoms with Gasteiger partial charge in [-0.15, -0.1) is 0 Å². The summed E-state index contributed by atoms with van der Waals surface area (Å²) < 4.78 is 0. The summed E-state index contributed by atoms with van der Waals surface area (Å²) in [6.45, 7) is 5.90. The van der Waals surface area contributed by atoms with Gasteiger partial charge in [-0.2, -0.15) is 0 Å². The van der Waals surface area contributed by atoms with Gasteiger partial charge in [0.05, 0.1) is 17.1 Å².